The number of nitrogen functional groups attached to an aromatic ring is 1. The van der Waals surface area contributed by atoms with Crippen molar-refractivity contribution in [1.82, 2.24) is 19.9 Å². The van der Waals surface area contributed by atoms with Gasteiger partial charge in [-0.3, -0.25) is 4.98 Å². The van der Waals surface area contributed by atoms with Gasteiger partial charge >= 0.3 is 0 Å². The molecular formula is C22H28N8O. The Labute approximate surface area is 181 Å². The average molecular weight is 421 g/mol. The molecule has 9 nitrogen and oxygen atoms in total. The van der Waals surface area contributed by atoms with Crippen molar-refractivity contribution < 1.29 is 4.74 Å². The van der Waals surface area contributed by atoms with Crippen LogP contribution < -0.4 is 20.9 Å². The number of hydrogen-bond acceptors (Lipinski definition) is 9. The third-order valence-corrected chi connectivity index (χ3v) is 6.04. The number of ether oxygens (including phenoxy) is 1. The van der Waals surface area contributed by atoms with Gasteiger partial charge in [0.1, 0.15) is 17.5 Å². The van der Waals surface area contributed by atoms with Gasteiger partial charge in [0.15, 0.2) is 0 Å². The number of nitrogens with one attached hydrogen (secondary N) is 1. The number of fused-ring (bicyclic) bond motifs is 1. The number of piperidine rings is 1. The van der Waals surface area contributed by atoms with E-state index in [0.717, 1.165) is 81.3 Å². The Morgan fingerprint density at radius 1 is 1.00 bits per heavy atom. The molecule has 2 aliphatic rings. The second-order valence-electron chi connectivity index (χ2n) is 8.09. The summed E-state index contributed by atoms with van der Waals surface area (Å²) in [5.74, 6) is 3.68. The maximum atomic E-state index is 5.74. The molecule has 2 fully saturated rings. The molecule has 0 aliphatic carbocycles. The number of morpholine rings is 1. The van der Waals surface area contributed by atoms with Crippen LogP contribution in [0.5, 0.6) is 0 Å². The lowest BCUT2D eigenvalue weighted by atomic mass is 9.96. The van der Waals surface area contributed by atoms with Crippen LogP contribution in [0.15, 0.2) is 36.7 Å². The van der Waals surface area contributed by atoms with E-state index >= 15 is 0 Å². The number of rotatable bonds is 5. The second kappa shape index (κ2) is 8.89. The summed E-state index contributed by atoms with van der Waals surface area (Å²) in [5, 5.41) is 4.44. The zero-order valence-electron chi connectivity index (χ0n) is 17.6. The minimum Gasteiger partial charge on any atom is -0.384 e. The van der Waals surface area contributed by atoms with E-state index in [4.69, 9.17) is 15.5 Å². The number of pyridine rings is 2. The Hall–Kier alpha value is -3.20. The van der Waals surface area contributed by atoms with Crippen molar-refractivity contribution in [3.05, 3.63) is 36.7 Å². The molecular weight excluding hydrogens is 392 g/mol. The van der Waals surface area contributed by atoms with Gasteiger partial charge in [-0.1, -0.05) is 0 Å². The van der Waals surface area contributed by atoms with Crippen LogP contribution in [0.2, 0.25) is 0 Å². The molecule has 3 aromatic rings. The highest BCUT2D eigenvalue weighted by atomic mass is 16.5. The monoisotopic (exact) mass is 420 g/mol. The van der Waals surface area contributed by atoms with E-state index in [2.05, 4.69) is 42.2 Å². The molecule has 5 heterocycles. The predicted molar refractivity (Wildman–Crippen MR) is 122 cm³/mol. The molecule has 3 aromatic heterocycles. The predicted octanol–water partition coefficient (Wildman–Crippen LogP) is 2.17. The van der Waals surface area contributed by atoms with Crippen LogP contribution in [0.25, 0.3) is 10.9 Å². The summed E-state index contributed by atoms with van der Waals surface area (Å²) < 4.78 is 5.51. The molecule has 0 aromatic carbocycles. The van der Waals surface area contributed by atoms with E-state index < -0.39 is 0 Å². The number of anilines is 4. The minimum atomic E-state index is 0.485. The average Bonchev–Trinajstić information content (AvgIpc) is 2.83. The van der Waals surface area contributed by atoms with Gasteiger partial charge in [-0.25, -0.2) is 9.97 Å². The summed E-state index contributed by atoms with van der Waals surface area (Å²) in [5.41, 5.74) is 6.74. The highest BCUT2D eigenvalue weighted by Crippen LogP contribution is 2.31. The third-order valence-electron chi connectivity index (χ3n) is 6.04. The summed E-state index contributed by atoms with van der Waals surface area (Å²) in [7, 11) is 0. The lowest BCUT2D eigenvalue weighted by molar-refractivity contribution is 0.122. The first kappa shape index (κ1) is 19.7. The Kier molecular flexibility index (Phi) is 5.66. The van der Waals surface area contributed by atoms with Gasteiger partial charge in [-0.2, -0.15) is 4.98 Å². The van der Waals surface area contributed by atoms with E-state index in [9.17, 15) is 0 Å². The Morgan fingerprint density at radius 3 is 2.65 bits per heavy atom. The van der Waals surface area contributed by atoms with Gasteiger partial charge < -0.3 is 25.6 Å². The number of nitrogens with zero attached hydrogens (tertiary/aromatic N) is 6. The van der Waals surface area contributed by atoms with Gasteiger partial charge in [0.25, 0.3) is 0 Å². The van der Waals surface area contributed by atoms with Gasteiger partial charge in [0, 0.05) is 56.6 Å². The van der Waals surface area contributed by atoms with E-state index in [-0.39, 0.29) is 0 Å². The number of hydrogen-bond donors (Lipinski definition) is 2. The molecule has 0 amide bonds. The van der Waals surface area contributed by atoms with Gasteiger partial charge in [-0.05, 0) is 37.0 Å². The van der Waals surface area contributed by atoms with Crippen molar-refractivity contribution in [2.45, 2.75) is 12.8 Å². The summed E-state index contributed by atoms with van der Waals surface area (Å²) >= 11 is 0. The molecule has 31 heavy (non-hydrogen) atoms. The summed E-state index contributed by atoms with van der Waals surface area (Å²) in [4.78, 5) is 22.9. The molecule has 5 rings (SSSR count). The molecule has 3 N–H and O–H groups in total. The van der Waals surface area contributed by atoms with Crippen LogP contribution in [0.3, 0.4) is 0 Å². The molecule has 0 spiro atoms. The number of aromatic nitrogens is 4. The lowest BCUT2D eigenvalue weighted by Crippen LogP contribution is -2.38. The van der Waals surface area contributed by atoms with Gasteiger partial charge in [-0.15, -0.1) is 0 Å². The van der Waals surface area contributed by atoms with Gasteiger partial charge in [0.2, 0.25) is 5.95 Å². The van der Waals surface area contributed by atoms with Crippen LogP contribution in [0, 0.1) is 5.92 Å². The zero-order chi connectivity index (χ0) is 21.0. The maximum Gasteiger partial charge on any atom is 0.224 e. The topological polar surface area (TPSA) is 105 Å². The van der Waals surface area contributed by atoms with E-state index in [1.807, 2.05) is 12.3 Å². The molecule has 2 saturated heterocycles. The number of nitrogens with two attached hydrogens (primary N) is 1. The Morgan fingerprint density at radius 2 is 1.84 bits per heavy atom. The lowest BCUT2D eigenvalue weighted by Gasteiger charge is -2.34. The van der Waals surface area contributed by atoms with Gasteiger partial charge in [0.05, 0.1) is 18.7 Å². The smallest absolute Gasteiger partial charge is 0.224 e. The molecule has 0 atom stereocenters. The normalized spacial score (nSPS) is 17.8. The minimum absolute atomic E-state index is 0.485. The SMILES string of the molecule is Nc1ccnc(NCC2CCN(c3nc(N4CCOCC4)cc4ncccc34)CC2)n1. The van der Waals surface area contributed by atoms with Crippen LogP contribution in [0.4, 0.5) is 23.4 Å². The van der Waals surface area contributed by atoms with Crippen LogP contribution >= 0.6 is 0 Å². The Balaban J connectivity index is 1.29. The molecule has 0 unspecified atom stereocenters. The van der Waals surface area contributed by atoms with Crippen LogP contribution in [0.1, 0.15) is 12.8 Å². The fraction of sp³-hybridized carbons (Fsp3) is 0.455. The van der Waals surface area contributed by atoms with Crippen molar-refractivity contribution in [2.24, 2.45) is 5.92 Å². The summed E-state index contributed by atoms with van der Waals surface area (Å²) in [6.45, 7) is 6.00. The summed E-state index contributed by atoms with van der Waals surface area (Å²) in [6, 6.07) is 7.91. The molecule has 0 saturated carbocycles. The fourth-order valence-corrected chi connectivity index (χ4v) is 4.28. The van der Waals surface area contributed by atoms with Crippen LogP contribution in [-0.2, 0) is 4.74 Å². The summed E-state index contributed by atoms with van der Waals surface area (Å²) in [6.07, 6.45) is 5.70. The molecule has 162 valence electrons. The van der Waals surface area contributed by atoms with Crippen molar-refractivity contribution in [3.63, 3.8) is 0 Å². The second-order valence-corrected chi connectivity index (χ2v) is 8.09. The van der Waals surface area contributed by atoms with Crippen LogP contribution in [-0.4, -0.2) is 65.9 Å². The fourth-order valence-electron chi connectivity index (χ4n) is 4.28. The van der Waals surface area contributed by atoms with E-state index in [0.29, 0.717) is 17.7 Å². The molecule has 0 bridgehead atoms. The van der Waals surface area contributed by atoms with Crippen molar-refractivity contribution in [3.8, 4) is 0 Å². The molecule has 2 aliphatic heterocycles. The largest absolute Gasteiger partial charge is 0.384 e. The first-order chi connectivity index (χ1) is 15.3. The van der Waals surface area contributed by atoms with Crippen molar-refractivity contribution in [1.29, 1.82) is 0 Å². The highest BCUT2D eigenvalue weighted by molar-refractivity contribution is 5.91. The van der Waals surface area contributed by atoms with Crippen molar-refractivity contribution >= 4 is 34.3 Å². The van der Waals surface area contributed by atoms with E-state index in [1.165, 1.54) is 0 Å². The quantitative estimate of drug-likeness (QED) is 0.642. The highest BCUT2D eigenvalue weighted by Gasteiger charge is 2.23. The first-order valence-corrected chi connectivity index (χ1v) is 10.9. The third kappa shape index (κ3) is 4.46. The molecule has 9 heteroatoms. The Bertz CT molecular complexity index is 1030. The van der Waals surface area contributed by atoms with E-state index in [1.54, 1.807) is 12.3 Å². The standard InChI is InChI=1S/C22H28N8O/c23-19-3-7-25-22(27-19)26-15-16-4-8-30(9-5-16)21-17-2-1-6-24-18(17)14-20(28-21)29-10-12-31-13-11-29/h1-3,6-7,14,16H,4-5,8-13,15H2,(H3,23,25,26,27). The first-order valence-electron chi connectivity index (χ1n) is 10.9. The zero-order valence-corrected chi connectivity index (χ0v) is 17.6. The van der Waals surface area contributed by atoms with Crippen molar-refractivity contribution in [2.75, 3.05) is 66.8 Å². The molecule has 0 radical (unpaired) electrons. The maximum absolute atomic E-state index is 5.74.